The molecule has 0 saturated heterocycles. The fourth-order valence-electron chi connectivity index (χ4n) is 2.50. The standard InChI is InChI=1S/C18H22ClN/c1-2-20-18(12-11-15-7-4-3-5-8-15)14-16-9-6-10-17(19)13-16/h3-10,13,18,20H,2,11-12,14H2,1H3. The summed E-state index contributed by atoms with van der Waals surface area (Å²) in [6, 6.07) is 19.3. The first-order valence-electron chi connectivity index (χ1n) is 7.29. The lowest BCUT2D eigenvalue weighted by Crippen LogP contribution is -2.31. The van der Waals surface area contributed by atoms with Gasteiger partial charge in [-0.05, 0) is 49.1 Å². The van der Waals surface area contributed by atoms with E-state index >= 15 is 0 Å². The van der Waals surface area contributed by atoms with Gasteiger partial charge in [0.1, 0.15) is 0 Å². The normalized spacial score (nSPS) is 12.3. The Balaban J connectivity index is 1.93. The van der Waals surface area contributed by atoms with Crippen molar-refractivity contribution in [3.8, 4) is 0 Å². The SMILES string of the molecule is CCNC(CCc1ccccc1)Cc1cccc(Cl)c1. The molecule has 0 aliphatic heterocycles. The predicted octanol–water partition coefficient (Wildman–Crippen LogP) is 4.49. The summed E-state index contributed by atoms with van der Waals surface area (Å²) in [6.07, 6.45) is 3.28. The lowest BCUT2D eigenvalue weighted by molar-refractivity contribution is 0.491. The second-order valence-electron chi connectivity index (χ2n) is 5.11. The fraction of sp³-hybridized carbons (Fsp3) is 0.333. The zero-order chi connectivity index (χ0) is 14.2. The molecule has 2 heteroatoms. The number of halogens is 1. The molecule has 0 heterocycles. The minimum atomic E-state index is 0.499. The molecular formula is C18H22ClN. The molecule has 0 aliphatic carbocycles. The molecule has 0 saturated carbocycles. The van der Waals surface area contributed by atoms with Crippen LogP contribution in [0.1, 0.15) is 24.5 Å². The lowest BCUT2D eigenvalue weighted by Gasteiger charge is -2.18. The van der Waals surface area contributed by atoms with Gasteiger partial charge in [-0.25, -0.2) is 0 Å². The van der Waals surface area contributed by atoms with Crippen LogP contribution in [-0.4, -0.2) is 12.6 Å². The summed E-state index contributed by atoms with van der Waals surface area (Å²) in [5.41, 5.74) is 2.71. The Labute approximate surface area is 127 Å². The molecule has 20 heavy (non-hydrogen) atoms. The van der Waals surface area contributed by atoms with Crippen molar-refractivity contribution in [3.05, 3.63) is 70.7 Å². The summed E-state index contributed by atoms with van der Waals surface area (Å²) < 4.78 is 0. The molecule has 0 radical (unpaired) electrons. The minimum Gasteiger partial charge on any atom is -0.314 e. The highest BCUT2D eigenvalue weighted by Crippen LogP contribution is 2.14. The molecule has 0 bridgehead atoms. The molecule has 2 aromatic rings. The first-order valence-corrected chi connectivity index (χ1v) is 7.67. The third kappa shape index (κ3) is 4.99. The van der Waals surface area contributed by atoms with E-state index in [4.69, 9.17) is 11.6 Å². The fourth-order valence-corrected chi connectivity index (χ4v) is 2.71. The molecule has 1 unspecified atom stereocenters. The summed E-state index contributed by atoms with van der Waals surface area (Å²) in [4.78, 5) is 0. The topological polar surface area (TPSA) is 12.0 Å². The van der Waals surface area contributed by atoms with Gasteiger partial charge < -0.3 is 5.32 Å². The van der Waals surface area contributed by atoms with Crippen molar-refractivity contribution in [3.63, 3.8) is 0 Å². The summed E-state index contributed by atoms with van der Waals surface area (Å²) in [6.45, 7) is 3.16. The Morgan fingerprint density at radius 3 is 2.45 bits per heavy atom. The summed E-state index contributed by atoms with van der Waals surface area (Å²) in [5.74, 6) is 0. The van der Waals surface area contributed by atoms with Crippen molar-refractivity contribution in [1.29, 1.82) is 0 Å². The first kappa shape index (κ1) is 15.1. The lowest BCUT2D eigenvalue weighted by atomic mass is 9.99. The number of rotatable bonds is 7. The van der Waals surface area contributed by atoms with Crippen LogP contribution in [0, 0.1) is 0 Å². The van der Waals surface area contributed by atoms with E-state index in [0.717, 1.165) is 30.8 Å². The summed E-state index contributed by atoms with van der Waals surface area (Å²) >= 11 is 6.06. The van der Waals surface area contributed by atoms with Gasteiger partial charge in [0, 0.05) is 11.1 Å². The Bertz CT molecular complexity index is 510. The molecule has 0 spiro atoms. The van der Waals surface area contributed by atoms with Gasteiger partial charge in [0.05, 0.1) is 0 Å². The molecule has 2 aromatic carbocycles. The van der Waals surface area contributed by atoms with Crippen LogP contribution in [0.3, 0.4) is 0 Å². The van der Waals surface area contributed by atoms with Crippen molar-refractivity contribution in [1.82, 2.24) is 5.32 Å². The zero-order valence-corrected chi connectivity index (χ0v) is 12.7. The van der Waals surface area contributed by atoms with Crippen LogP contribution in [0.2, 0.25) is 5.02 Å². The molecular weight excluding hydrogens is 266 g/mol. The van der Waals surface area contributed by atoms with Gasteiger partial charge >= 0.3 is 0 Å². The number of benzene rings is 2. The van der Waals surface area contributed by atoms with Crippen molar-refractivity contribution < 1.29 is 0 Å². The quantitative estimate of drug-likeness (QED) is 0.791. The van der Waals surface area contributed by atoms with E-state index in [-0.39, 0.29) is 0 Å². The van der Waals surface area contributed by atoms with E-state index in [1.54, 1.807) is 0 Å². The third-order valence-corrected chi connectivity index (χ3v) is 3.72. The highest BCUT2D eigenvalue weighted by Gasteiger charge is 2.09. The van der Waals surface area contributed by atoms with Gasteiger partial charge in [-0.15, -0.1) is 0 Å². The van der Waals surface area contributed by atoms with Crippen LogP contribution in [0.4, 0.5) is 0 Å². The van der Waals surface area contributed by atoms with Gasteiger partial charge in [-0.1, -0.05) is 61.0 Å². The second kappa shape index (κ2) is 8.08. The number of nitrogens with one attached hydrogen (secondary N) is 1. The van der Waals surface area contributed by atoms with Crippen LogP contribution >= 0.6 is 11.6 Å². The number of aryl methyl sites for hydroxylation is 1. The van der Waals surface area contributed by atoms with Crippen molar-refractivity contribution in [2.24, 2.45) is 0 Å². The molecule has 2 rings (SSSR count). The van der Waals surface area contributed by atoms with Crippen LogP contribution in [-0.2, 0) is 12.8 Å². The van der Waals surface area contributed by atoms with Crippen LogP contribution in [0.5, 0.6) is 0 Å². The van der Waals surface area contributed by atoms with Gasteiger partial charge in [0.15, 0.2) is 0 Å². The van der Waals surface area contributed by atoms with E-state index in [1.165, 1.54) is 11.1 Å². The van der Waals surface area contributed by atoms with Crippen LogP contribution < -0.4 is 5.32 Å². The monoisotopic (exact) mass is 287 g/mol. The summed E-state index contributed by atoms with van der Waals surface area (Å²) in [5, 5.41) is 4.40. The smallest absolute Gasteiger partial charge is 0.0408 e. The Morgan fingerprint density at radius 2 is 1.75 bits per heavy atom. The highest BCUT2D eigenvalue weighted by atomic mass is 35.5. The molecule has 0 aliphatic rings. The van der Waals surface area contributed by atoms with Gasteiger partial charge in [0.25, 0.3) is 0 Å². The third-order valence-electron chi connectivity index (χ3n) is 3.49. The molecule has 0 fully saturated rings. The maximum Gasteiger partial charge on any atom is 0.0408 e. The average Bonchev–Trinajstić information content (AvgIpc) is 2.46. The largest absolute Gasteiger partial charge is 0.314 e. The van der Waals surface area contributed by atoms with Crippen LogP contribution in [0.15, 0.2) is 54.6 Å². The molecule has 1 atom stereocenters. The maximum atomic E-state index is 6.06. The maximum absolute atomic E-state index is 6.06. The Hall–Kier alpha value is -1.31. The number of hydrogen-bond donors (Lipinski definition) is 1. The molecule has 1 nitrogen and oxygen atoms in total. The molecule has 0 amide bonds. The van der Waals surface area contributed by atoms with E-state index in [0.29, 0.717) is 6.04 Å². The predicted molar refractivity (Wildman–Crippen MR) is 87.4 cm³/mol. The number of hydrogen-bond acceptors (Lipinski definition) is 1. The van der Waals surface area contributed by atoms with Gasteiger partial charge in [-0.3, -0.25) is 0 Å². The van der Waals surface area contributed by atoms with E-state index in [1.807, 2.05) is 12.1 Å². The van der Waals surface area contributed by atoms with Gasteiger partial charge in [0.2, 0.25) is 0 Å². The van der Waals surface area contributed by atoms with Crippen molar-refractivity contribution >= 4 is 11.6 Å². The molecule has 1 N–H and O–H groups in total. The Morgan fingerprint density at radius 1 is 1.00 bits per heavy atom. The first-order chi connectivity index (χ1) is 9.78. The minimum absolute atomic E-state index is 0.499. The zero-order valence-electron chi connectivity index (χ0n) is 12.0. The summed E-state index contributed by atoms with van der Waals surface area (Å²) in [7, 11) is 0. The molecule has 106 valence electrons. The van der Waals surface area contributed by atoms with Crippen molar-refractivity contribution in [2.45, 2.75) is 32.2 Å². The van der Waals surface area contributed by atoms with E-state index < -0.39 is 0 Å². The average molecular weight is 288 g/mol. The second-order valence-corrected chi connectivity index (χ2v) is 5.55. The van der Waals surface area contributed by atoms with E-state index in [2.05, 4.69) is 54.7 Å². The van der Waals surface area contributed by atoms with Crippen molar-refractivity contribution in [2.75, 3.05) is 6.54 Å². The number of likely N-dealkylation sites (N-methyl/N-ethyl adjacent to an activating group) is 1. The van der Waals surface area contributed by atoms with Gasteiger partial charge in [-0.2, -0.15) is 0 Å². The molecule has 0 aromatic heterocycles. The van der Waals surface area contributed by atoms with E-state index in [9.17, 15) is 0 Å². The highest BCUT2D eigenvalue weighted by molar-refractivity contribution is 6.30. The van der Waals surface area contributed by atoms with Crippen LogP contribution in [0.25, 0.3) is 0 Å². The Kier molecular flexibility index (Phi) is 6.10.